The van der Waals surface area contributed by atoms with E-state index in [0.29, 0.717) is 0 Å². The van der Waals surface area contributed by atoms with Crippen LogP contribution in [0.15, 0.2) is 0 Å². The molecule has 2 rings (SSSR count). The summed E-state index contributed by atoms with van der Waals surface area (Å²) in [5.74, 6) is 1.86. The van der Waals surface area contributed by atoms with Crippen molar-refractivity contribution in [3.8, 4) is 0 Å². The summed E-state index contributed by atoms with van der Waals surface area (Å²) >= 11 is 0. The highest BCUT2D eigenvalue weighted by Crippen LogP contribution is 2.28. The fourth-order valence-corrected chi connectivity index (χ4v) is 2.60. The van der Waals surface area contributed by atoms with E-state index in [0.717, 1.165) is 31.1 Å². The third-order valence-electron chi connectivity index (χ3n) is 3.78. The number of hydrogen-bond acceptors (Lipinski definition) is 2. The van der Waals surface area contributed by atoms with Gasteiger partial charge in [-0.1, -0.05) is 20.3 Å². The van der Waals surface area contributed by atoms with Gasteiger partial charge < -0.3 is 4.74 Å². The van der Waals surface area contributed by atoms with Gasteiger partial charge in [-0.2, -0.15) is 0 Å². The van der Waals surface area contributed by atoms with Crippen LogP contribution in [-0.4, -0.2) is 37.2 Å². The number of hydrogen-bond donors (Lipinski definition) is 0. The zero-order valence-electron chi connectivity index (χ0n) is 8.83. The van der Waals surface area contributed by atoms with Crippen LogP contribution in [0.1, 0.15) is 26.7 Å². The van der Waals surface area contributed by atoms with Crippen molar-refractivity contribution in [2.45, 2.75) is 32.7 Å². The van der Waals surface area contributed by atoms with E-state index >= 15 is 0 Å². The van der Waals surface area contributed by atoms with Crippen molar-refractivity contribution < 1.29 is 4.74 Å². The second-order valence-corrected chi connectivity index (χ2v) is 4.62. The molecule has 0 aliphatic carbocycles. The van der Waals surface area contributed by atoms with E-state index < -0.39 is 0 Å². The zero-order valence-corrected chi connectivity index (χ0v) is 8.83. The number of piperidine rings is 1. The zero-order chi connectivity index (χ0) is 9.26. The lowest BCUT2D eigenvalue weighted by molar-refractivity contribution is -0.0814. The SMILES string of the molecule is CCC1CCN(C2COC2)CC1C. The molecule has 2 fully saturated rings. The molecule has 0 spiro atoms. The Balaban J connectivity index is 1.83. The van der Waals surface area contributed by atoms with Gasteiger partial charge in [-0.25, -0.2) is 0 Å². The first-order valence-corrected chi connectivity index (χ1v) is 5.63. The summed E-state index contributed by atoms with van der Waals surface area (Å²) in [6.07, 6.45) is 2.75. The molecule has 13 heavy (non-hydrogen) atoms. The molecule has 0 aromatic heterocycles. The van der Waals surface area contributed by atoms with E-state index in [1.807, 2.05) is 0 Å². The van der Waals surface area contributed by atoms with Crippen LogP contribution in [-0.2, 0) is 4.74 Å². The number of ether oxygens (including phenoxy) is 1. The average molecular weight is 183 g/mol. The maximum absolute atomic E-state index is 5.23. The Kier molecular flexibility index (Phi) is 2.89. The van der Waals surface area contributed by atoms with Crippen LogP contribution in [0.5, 0.6) is 0 Å². The minimum Gasteiger partial charge on any atom is -0.378 e. The van der Waals surface area contributed by atoms with Crippen molar-refractivity contribution in [3.05, 3.63) is 0 Å². The lowest BCUT2D eigenvalue weighted by Crippen LogP contribution is -2.53. The van der Waals surface area contributed by atoms with Crippen LogP contribution in [0, 0.1) is 11.8 Å². The lowest BCUT2D eigenvalue weighted by atomic mass is 9.84. The van der Waals surface area contributed by atoms with Crippen molar-refractivity contribution in [3.63, 3.8) is 0 Å². The van der Waals surface area contributed by atoms with E-state index in [4.69, 9.17) is 4.74 Å². The monoisotopic (exact) mass is 183 g/mol. The van der Waals surface area contributed by atoms with E-state index in [-0.39, 0.29) is 0 Å². The van der Waals surface area contributed by atoms with Gasteiger partial charge >= 0.3 is 0 Å². The van der Waals surface area contributed by atoms with E-state index in [9.17, 15) is 0 Å². The third-order valence-corrected chi connectivity index (χ3v) is 3.78. The standard InChI is InChI=1S/C11H21NO/c1-3-10-4-5-12(6-9(10)2)11-7-13-8-11/h9-11H,3-8H2,1-2H3. The molecule has 2 saturated heterocycles. The van der Waals surface area contributed by atoms with E-state index in [2.05, 4.69) is 18.7 Å². The maximum Gasteiger partial charge on any atom is 0.0645 e. The van der Waals surface area contributed by atoms with Gasteiger partial charge in [-0.05, 0) is 24.8 Å². The molecule has 2 heterocycles. The highest BCUT2D eigenvalue weighted by molar-refractivity contribution is 4.84. The topological polar surface area (TPSA) is 12.5 Å². The quantitative estimate of drug-likeness (QED) is 0.646. The number of rotatable bonds is 2. The Labute approximate surface area is 81.3 Å². The largest absolute Gasteiger partial charge is 0.378 e. The fourth-order valence-electron chi connectivity index (χ4n) is 2.60. The number of nitrogens with zero attached hydrogens (tertiary/aromatic N) is 1. The molecule has 2 aliphatic heterocycles. The molecular weight excluding hydrogens is 162 g/mol. The summed E-state index contributed by atoms with van der Waals surface area (Å²) in [4.78, 5) is 2.63. The second kappa shape index (κ2) is 3.97. The smallest absolute Gasteiger partial charge is 0.0645 e. The molecule has 0 bridgehead atoms. The molecule has 2 heteroatoms. The summed E-state index contributed by atoms with van der Waals surface area (Å²) in [6.45, 7) is 9.28. The maximum atomic E-state index is 5.23. The Morgan fingerprint density at radius 1 is 1.38 bits per heavy atom. The third kappa shape index (κ3) is 1.89. The second-order valence-electron chi connectivity index (χ2n) is 4.62. The normalized spacial score (nSPS) is 37.4. The van der Waals surface area contributed by atoms with Crippen molar-refractivity contribution in [2.75, 3.05) is 26.3 Å². The summed E-state index contributed by atoms with van der Waals surface area (Å²) in [6, 6.07) is 0.750. The summed E-state index contributed by atoms with van der Waals surface area (Å²) < 4.78 is 5.23. The highest BCUT2D eigenvalue weighted by Gasteiger charge is 2.32. The average Bonchev–Trinajstić information content (AvgIpc) is 2.01. The van der Waals surface area contributed by atoms with Gasteiger partial charge in [0, 0.05) is 6.54 Å². The van der Waals surface area contributed by atoms with Crippen LogP contribution >= 0.6 is 0 Å². The van der Waals surface area contributed by atoms with Gasteiger partial charge in [-0.15, -0.1) is 0 Å². The Hall–Kier alpha value is -0.0800. The van der Waals surface area contributed by atoms with Crippen molar-refractivity contribution in [1.29, 1.82) is 0 Å². The van der Waals surface area contributed by atoms with Gasteiger partial charge in [-0.3, -0.25) is 4.90 Å². The van der Waals surface area contributed by atoms with Crippen LogP contribution in [0.25, 0.3) is 0 Å². The Morgan fingerprint density at radius 2 is 2.15 bits per heavy atom. The minimum absolute atomic E-state index is 0.750. The summed E-state index contributed by atoms with van der Waals surface area (Å²) in [5, 5.41) is 0. The van der Waals surface area contributed by atoms with Crippen molar-refractivity contribution in [1.82, 2.24) is 4.90 Å². The van der Waals surface area contributed by atoms with Gasteiger partial charge in [0.05, 0.1) is 19.3 Å². The predicted molar refractivity (Wildman–Crippen MR) is 53.7 cm³/mol. The van der Waals surface area contributed by atoms with Gasteiger partial charge in [0.25, 0.3) is 0 Å². The first-order valence-electron chi connectivity index (χ1n) is 5.63. The molecule has 2 aliphatic rings. The highest BCUT2D eigenvalue weighted by atomic mass is 16.5. The molecule has 0 radical (unpaired) electrons. The summed E-state index contributed by atoms with van der Waals surface area (Å²) in [5.41, 5.74) is 0. The van der Waals surface area contributed by atoms with Crippen molar-refractivity contribution >= 4 is 0 Å². The molecule has 2 atom stereocenters. The van der Waals surface area contributed by atoms with Gasteiger partial charge in [0.15, 0.2) is 0 Å². The van der Waals surface area contributed by atoms with Gasteiger partial charge in [0.2, 0.25) is 0 Å². The van der Waals surface area contributed by atoms with Crippen LogP contribution in [0.2, 0.25) is 0 Å². The Bertz CT molecular complexity index is 167. The van der Waals surface area contributed by atoms with Crippen molar-refractivity contribution in [2.24, 2.45) is 11.8 Å². The molecule has 2 unspecified atom stereocenters. The van der Waals surface area contributed by atoms with E-state index in [1.54, 1.807) is 0 Å². The molecule has 0 N–H and O–H groups in total. The molecular formula is C11H21NO. The van der Waals surface area contributed by atoms with Gasteiger partial charge in [0.1, 0.15) is 0 Å². The molecule has 0 aromatic carbocycles. The Morgan fingerprint density at radius 3 is 2.62 bits per heavy atom. The first-order chi connectivity index (χ1) is 6.31. The molecule has 0 aromatic rings. The van der Waals surface area contributed by atoms with Crippen LogP contribution in [0.4, 0.5) is 0 Å². The molecule has 0 saturated carbocycles. The minimum atomic E-state index is 0.750. The predicted octanol–water partition coefficient (Wildman–Crippen LogP) is 1.75. The molecule has 0 amide bonds. The number of likely N-dealkylation sites (tertiary alicyclic amines) is 1. The van der Waals surface area contributed by atoms with Crippen LogP contribution < -0.4 is 0 Å². The van der Waals surface area contributed by atoms with E-state index in [1.165, 1.54) is 25.9 Å². The molecule has 2 nitrogen and oxygen atoms in total. The lowest BCUT2D eigenvalue weighted by Gasteiger charge is -2.44. The molecule has 76 valence electrons. The fraction of sp³-hybridized carbons (Fsp3) is 1.00. The first kappa shape index (κ1) is 9.47. The summed E-state index contributed by atoms with van der Waals surface area (Å²) in [7, 11) is 0. The van der Waals surface area contributed by atoms with Crippen LogP contribution in [0.3, 0.4) is 0 Å².